The standard InChI is InChI=1S/C8H15BF3N2/c1-13(2)8-6-3-14(4-7(6)8)5-9(10,11)12/h6-8H,3-5H2,1-2H3/q-1. The Morgan fingerprint density at radius 2 is 1.71 bits per heavy atom. The van der Waals surface area contributed by atoms with Crippen molar-refractivity contribution in [1.29, 1.82) is 0 Å². The van der Waals surface area contributed by atoms with Crippen molar-refractivity contribution in [3.8, 4) is 0 Å². The van der Waals surface area contributed by atoms with Crippen molar-refractivity contribution in [3.63, 3.8) is 0 Å². The van der Waals surface area contributed by atoms with Crippen LogP contribution in [-0.2, 0) is 0 Å². The number of likely N-dealkylation sites (tertiary alicyclic amines) is 1. The van der Waals surface area contributed by atoms with Crippen LogP contribution in [0.4, 0.5) is 12.9 Å². The molecule has 0 aromatic carbocycles. The second-order valence-corrected chi connectivity index (χ2v) is 4.71. The summed E-state index contributed by atoms with van der Waals surface area (Å²) in [5, 5.41) is 0. The van der Waals surface area contributed by atoms with E-state index in [9.17, 15) is 12.9 Å². The average molecular weight is 207 g/mol. The van der Waals surface area contributed by atoms with E-state index >= 15 is 0 Å². The minimum atomic E-state index is -4.64. The van der Waals surface area contributed by atoms with Gasteiger partial charge in [0.05, 0.1) is 0 Å². The van der Waals surface area contributed by atoms with Crippen molar-refractivity contribution < 1.29 is 12.9 Å². The van der Waals surface area contributed by atoms with Gasteiger partial charge in [-0.05, 0) is 45.5 Å². The summed E-state index contributed by atoms with van der Waals surface area (Å²) in [5.74, 6) is 0.978. The predicted molar refractivity (Wildman–Crippen MR) is 50.0 cm³/mol. The zero-order valence-corrected chi connectivity index (χ0v) is 8.46. The van der Waals surface area contributed by atoms with Crippen LogP contribution >= 0.6 is 0 Å². The third-order valence-electron chi connectivity index (χ3n) is 3.29. The lowest BCUT2D eigenvalue weighted by molar-refractivity contribution is 0.254. The molecule has 2 atom stereocenters. The zero-order valence-electron chi connectivity index (χ0n) is 8.46. The lowest BCUT2D eigenvalue weighted by atomic mass is 9.91. The lowest BCUT2D eigenvalue weighted by Crippen LogP contribution is -2.39. The van der Waals surface area contributed by atoms with Crippen molar-refractivity contribution in [1.82, 2.24) is 9.80 Å². The number of hydrogen-bond donors (Lipinski definition) is 0. The summed E-state index contributed by atoms with van der Waals surface area (Å²) in [6.07, 6.45) is -0.673. The Bertz CT molecular complexity index is 219. The molecule has 0 radical (unpaired) electrons. The van der Waals surface area contributed by atoms with Gasteiger partial charge in [0.2, 0.25) is 0 Å². The molecule has 14 heavy (non-hydrogen) atoms. The topological polar surface area (TPSA) is 6.48 Å². The van der Waals surface area contributed by atoms with Gasteiger partial charge in [0, 0.05) is 6.04 Å². The van der Waals surface area contributed by atoms with E-state index in [4.69, 9.17) is 0 Å². The molecule has 1 heterocycles. The maximum atomic E-state index is 12.1. The Balaban J connectivity index is 1.79. The second-order valence-electron chi connectivity index (χ2n) is 4.71. The molecule has 6 heteroatoms. The van der Waals surface area contributed by atoms with Gasteiger partial charge in [-0.15, -0.1) is 0 Å². The quantitative estimate of drug-likeness (QED) is 0.633. The fraction of sp³-hybridized carbons (Fsp3) is 1.00. The van der Waals surface area contributed by atoms with Crippen LogP contribution in [0.15, 0.2) is 0 Å². The molecule has 0 aromatic heterocycles. The minimum Gasteiger partial charge on any atom is -0.448 e. The van der Waals surface area contributed by atoms with E-state index < -0.39 is 13.4 Å². The number of hydrogen-bond acceptors (Lipinski definition) is 2. The van der Waals surface area contributed by atoms with E-state index in [1.165, 1.54) is 0 Å². The Labute approximate surface area is 82.1 Å². The highest BCUT2D eigenvalue weighted by molar-refractivity contribution is 6.58. The van der Waals surface area contributed by atoms with E-state index in [0.717, 1.165) is 0 Å². The summed E-state index contributed by atoms with van der Waals surface area (Å²) in [7, 11) is 4.00. The molecular formula is C8H15BF3N2-. The molecule has 2 rings (SSSR count). The average Bonchev–Trinajstić information content (AvgIpc) is 2.47. The SMILES string of the molecule is CN(C)C1C2CN(C[B-](F)(F)F)CC21. The molecule has 1 saturated heterocycles. The van der Waals surface area contributed by atoms with Crippen LogP contribution in [-0.4, -0.2) is 56.4 Å². The summed E-state index contributed by atoms with van der Waals surface area (Å²) in [6, 6.07) is 0.534. The first-order valence-corrected chi connectivity index (χ1v) is 4.98. The zero-order chi connectivity index (χ0) is 10.5. The number of nitrogens with zero attached hydrogens (tertiary/aromatic N) is 2. The largest absolute Gasteiger partial charge is 0.492 e. The van der Waals surface area contributed by atoms with Gasteiger partial charge in [0.15, 0.2) is 0 Å². The van der Waals surface area contributed by atoms with Gasteiger partial charge in [-0.2, -0.15) is 0 Å². The molecule has 2 fully saturated rings. The van der Waals surface area contributed by atoms with E-state index in [2.05, 4.69) is 4.90 Å². The van der Waals surface area contributed by atoms with Crippen molar-refractivity contribution >= 4 is 6.98 Å². The molecule has 1 aliphatic heterocycles. The van der Waals surface area contributed by atoms with Crippen LogP contribution in [0.3, 0.4) is 0 Å². The molecular weight excluding hydrogens is 192 g/mol. The number of piperidine rings is 1. The molecule has 1 saturated carbocycles. The van der Waals surface area contributed by atoms with E-state index in [0.29, 0.717) is 31.0 Å². The first-order valence-electron chi connectivity index (χ1n) is 4.98. The van der Waals surface area contributed by atoms with Crippen LogP contribution in [0.5, 0.6) is 0 Å². The summed E-state index contributed by atoms with van der Waals surface area (Å²) in [4.78, 5) is 3.68. The van der Waals surface area contributed by atoms with Gasteiger partial charge in [0.1, 0.15) is 0 Å². The molecule has 0 spiro atoms. The fourth-order valence-electron chi connectivity index (χ4n) is 2.79. The molecule has 0 bridgehead atoms. The van der Waals surface area contributed by atoms with Gasteiger partial charge in [0.25, 0.3) is 0 Å². The molecule has 0 N–H and O–H groups in total. The maximum absolute atomic E-state index is 12.1. The second kappa shape index (κ2) is 3.13. The Kier molecular flexibility index (Phi) is 2.30. The highest BCUT2D eigenvalue weighted by atomic mass is 19.4. The normalized spacial score (nSPS) is 37.7. The Morgan fingerprint density at radius 3 is 2.07 bits per heavy atom. The van der Waals surface area contributed by atoms with Crippen LogP contribution in [0.1, 0.15) is 0 Å². The van der Waals surface area contributed by atoms with Gasteiger partial charge in [-0.3, -0.25) is 0 Å². The fourth-order valence-corrected chi connectivity index (χ4v) is 2.79. The molecule has 0 amide bonds. The lowest BCUT2D eigenvalue weighted by Gasteiger charge is -2.26. The molecule has 2 unspecified atom stereocenters. The van der Waals surface area contributed by atoms with Gasteiger partial charge in [-0.25, -0.2) is 0 Å². The van der Waals surface area contributed by atoms with Crippen molar-refractivity contribution in [2.75, 3.05) is 33.6 Å². The van der Waals surface area contributed by atoms with Gasteiger partial charge >= 0.3 is 6.98 Å². The molecule has 1 aliphatic carbocycles. The minimum absolute atomic E-state index is 0.489. The smallest absolute Gasteiger partial charge is 0.448 e. The van der Waals surface area contributed by atoms with E-state index in [-0.39, 0.29) is 0 Å². The number of halogens is 3. The highest BCUT2D eigenvalue weighted by Gasteiger charge is 2.56. The number of fused-ring (bicyclic) bond motifs is 1. The first kappa shape index (κ1) is 10.3. The van der Waals surface area contributed by atoms with Crippen molar-refractivity contribution in [2.45, 2.75) is 6.04 Å². The summed E-state index contributed by atoms with van der Waals surface area (Å²) < 4.78 is 36.3. The Morgan fingerprint density at radius 1 is 1.21 bits per heavy atom. The Hall–Kier alpha value is -0.225. The van der Waals surface area contributed by atoms with Crippen LogP contribution in [0.25, 0.3) is 0 Å². The van der Waals surface area contributed by atoms with Crippen LogP contribution in [0, 0.1) is 11.8 Å². The third-order valence-corrected chi connectivity index (χ3v) is 3.29. The number of rotatable bonds is 3. The maximum Gasteiger partial charge on any atom is 0.492 e. The molecule has 0 aromatic rings. The van der Waals surface area contributed by atoms with Gasteiger partial charge < -0.3 is 22.7 Å². The third kappa shape index (κ3) is 1.91. The summed E-state index contributed by atoms with van der Waals surface area (Å²) in [5.41, 5.74) is 0. The highest BCUT2D eigenvalue weighted by Crippen LogP contribution is 2.48. The monoisotopic (exact) mass is 207 g/mol. The first-order chi connectivity index (χ1) is 6.38. The molecule has 2 nitrogen and oxygen atoms in total. The van der Waals surface area contributed by atoms with E-state index in [1.54, 1.807) is 4.90 Å². The van der Waals surface area contributed by atoms with Crippen LogP contribution in [0.2, 0.25) is 0 Å². The van der Waals surface area contributed by atoms with Gasteiger partial charge in [-0.1, -0.05) is 0 Å². The summed E-state index contributed by atoms with van der Waals surface area (Å²) >= 11 is 0. The molecule has 2 aliphatic rings. The molecule has 82 valence electrons. The van der Waals surface area contributed by atoms with E-state index in [1.807, 2.05) is 14.1 Å². The van der Waals surface area contributed by atoms with Crippen molar-refractivity contribution in [2.24, 2.45) is 11.8 Å². The predicted octanol–water partition coefficient (Wildman–Crippen LogP) is 0.865. The van der Waals surface area contributed by atoms with Crippen molar-refractivity contribution in [3.05, 3.63) is 0 Å². The van der Waals surface area contributed by atoms with Crippen LogP contribution < -0.4 is 0 Å². The summed E-state index contributed by atoms with van der Waals surface area (Å²) in [6.45, 7) is -3.37.